The molecule has 1 fully saturated rings. The summed E-state index contributed by atoms with van der Waals surface area (Å²) in [5, 5.41) is 13.9. The molecule has 3 amide bonds. The van der Waals surface area contributed by atoms with Crippen molar-refractivity contribution in [2.75, 3.05) is 19.4 Å². The highest BCUT2D eigenvalue weighted by Gasteiger charge is 2.41. The molecule has 11 nitrogen and oxygen atoms in total. The van der Waals surface area contributed by atoms with E-state index in [1.807, 2.05) is 0 Å². The van der Waals surface area contributed by atoms with Gasteiger partial charge in [0.2, 0.25) is 11.8 Å². The van der Waals surface area contributed by atoms with Crippen molar-refractivity contribution in [2.24, 2.45) is 0 Å². The summed E-state index contributed by atoms with van der Waals surface area (Å²) in [4.78, 5) is 61.3. The number of anilines is 1. The summed E-state index contributed by atoms with van der Waals surface area (Å²) in [6.07, 6.45) is -0.550. The fraction of sp³-hybridized carbons (Fsp3) is 0.450. The van der Waals surface area contributed by atoms with Gasteiger partial charge in [0.15, 0.2) is 0 Å². The normalized spacial score (nSPS) is 19.7. The van der Waals surface area contributed by atoms with Gasteiger partial charge in [0.25, 0.3) is 5.91 Å². The number of nitrogens with two attached hydrogens (primary N) is 1. The summed E-state index contributed by atoms with van der Waals surface area (Å²) in [6.45, 7) is 1.55. The fourth-order valence-corrected chi connectivity index (χ4v) is 3.50. The lowest BCUT2D eigenvalue weighted by Crippen LogP contribution is -2.54. The Balaban J connectivity index is 2.11. The quantitative estimate of drug-likeness (QED) is 0.285. The SMILES string of the molecule is COC1CC(C(=O)NC(C=O)CC(=O)O)N(C(=O)C(C)NC(=O)c2ccc(N)c(Cl)c2)C1. The number of likely N-dealkylation sites (tertiary alicyclic amines) is 1. The Morgan fingerprint density at radius 1 is 1.34 bits per heavy atom. The van der Waals surface area contributed by atoms with Crippen molar-refractivity contribution in [3.8, 4) is 0 Å². The molecule has 0 saturated carbocycles. The van der Waals surface area contributed by atoms with Crippen molar-refractivity contribution in [1.82, 2.24) is 15.5 Å². The van der Waals surface area contributed by atoms with Crippen molar-refractivity contribution in [3.63, 3.8) is 0 Å². The van der Waals surface area contributed by atoms with Gasteiger partial charge in [-0.3, -0.25) is 19.2 Å². The Labute approximate surface area is 189 Å². The summed E-state index contributed by atoms with van der Waals surface area (Å²) in [5.74, 6) is -3.03. The van der Waals surface area contributed by atoms with Crippen molar-refractivity contribution < 1.29 is 33.8 Å². The Hall–Kier alpha value is -3.18. The molecular formula is C20H25ClN4O7. The van der Waals surface area contributed by atoms with E-state index >= 15 is 0 Å². The molecule has 1 aliphatic heterocycles. The number of rotatable bonds is 9. The number of halogens is 1. The van der Waals surface area contributed by atoms with E-state index in [-0.39, 0.29) is 23.6 Å². The summed E-state index contributed by atoms with van der Waals surface area (Å²) in [6, 6.07) is 1.08. The minimum atomic E-state index is -1.25. The van der Waals surface area contributed by atoms with Crippen LogP contribution in [0.5, 0.6) is 0 Å². The number of nitrogen functional groups attached to an aromatic ring is 1. The first-order valence-electron chi connectivity index (χ1n) is 9.74. The van der Waals surface area contributed by atoms with Gasteiger partial charge in [-0.1, -0.05) is 11.6 Å². The molecule has 1 saturated heterocycles. The summed E-state index contributed by atoms with van der Waals surface area (Å²) in [7, 11) is 1.43. The molecule has 0 aliphatic carbocycles. The molecule has 12 heteroatoms. The van der Waals surface area contributed by atoms with Gasteiger partial charge in [0, 0.05) is 25.6 Å². The highest BCUT2D eigenvalue weighted by Crippen LogP contribution is 2.22. The molecule has 0 radical (unpaired) electrons. The van der Waals surface area contributed by atoms with Crippen molar-refractivity contribution in [3.05, 3.63) is 28.8 Å². The van der Waals surface area contributed by atoms with Crippen molar-refractivity contribution >= 4 is 47.3 Å². The van der Waals surface area contributed by atoms with Gasteiger partial charge in [-0.2, -0.15) is 0 Å². The third-order valence-corrected chi connectivity index (χ3v) is 5.38. The monoisotopic (exact) mass is 468 g/mol. The topological polar surface area (TPSA) is 168 Å². The molecule has 1 aromatic carbocycles. The van der Waals surface area contributed by atoms with Crippen LogP contribution in [0.3, 0.4) is 0 Å². The number of nitrogens with zero attached hydrogens (tertiary/aromatic N) is 1. The largest absolute Gasteiger partial charge is 0.481 e. The predicted octanol–water partition coefficient (Wildman–Crippen LogP) is -0.185. The zero-order valence-electron chi connectivity index (χ0n) is 17.5. The van der Waals surface area contributed by atoms with Crippen LogP contribution in [0.4, 0.5) is 5.69 Å². The van der Waals surface area contributed by atoms with E-state index in [0.29, 0.717) is 12.0 Å². The molecule has 32 heavy (non-hydrogen) atoms. The van der Waals surface area contributed by atoms with Crippen LogP contribution in [-0.2, 0) is 23.9 Å². The number of carbonyl (C=O) groups excluding carboxylic acids is 4. The lowest BCUT2D eigenvalue weighted by molar-refractivity contribution is -0.141. The van der Waals surface area contributed by atoms with E-state index in [2.05, 4.69) is 10.6 Å². The Morgan fingerprint density at radius 2 is 2.03 bits per heavy atom. The number of carboxylic acids is 1. The summed E-state index contributed by atoms with van der Waals surface area (Å²) in [5.41, 5.74) is 6.14. The zero-order chi connectivity index (χ0) is 24.0. The second-order valence-electron chi connectivity index (χ2n) is 7.38. The van der Waals surface area contributed by atoms with Gasteiger partial charge >= 0.3 is 5.97 Å². The number of hydrogen-bond donors (Lipinski definition) is 4. The number of benzene rings is 1. The number of aldehydes is 1. The lowest BCUT2D eigenvalue weighted by atomic mass is 10.1. The van der Waals surface area contributed by atoms with Gasteiger partial charge in [0.05, 0.1) is 29.3 Å². The molecule has 5 N–H and O–H groups in total. The number of aliphatic carboxylic acids is 1. The minimum absolute atomic E-state index is 0.0893. The van der Waals surface area contributed by atoms with E-state index in [4.69, 9.17) is 27.2 Å². The standard InChI is InChI=1S/C20H25ClN4O7/c1-10(23-18(29)11-3-4-15(22)14(21)5-11)20(31)25-8-13(32-2)7-16(25)19(30)24-12(9-26)6-17(27)28/h3-5,9-10,12-13,16H,6-8,22H2,1-2H3,(H,23,29)(H,24,30)(H,27,28). The number of ether oxygens (including phenoxy) is 1. The Morgan fingerprint density at radius 3 is 2.59 bits per heavy atom. The maximum Gasteiger partial charge on any atom is 0.305 e. The smallest absolute Gasteiger partial charge is 0.305 e. The van der Waals surface area contributed by atoms with Crippen LogP contribution in [0.15, 0.2) is 18.2 Å². The van der Waals surface area contributed by atoms with E-state index in [1.54, 1.807) is 0 Å². The van der Waals surface area contributed by atoms with Crippen LogP contribution in [0, 0.1) is 0 Å². The average molecular weight is 469 g/mol. The van der Waals surface area contributed by atoms with Crippen LogP contribution >= 0.6 is 11.6 Å². The maximum absolute atomic E-state index is 13.0. The molecule has 1 aromatic rings. The number of amides is 3. The molecule has 2 rings (SSSR count). The van der Waals surface area contributed by atoms with E-state index in [9.17, 15) is 24.0 Å². The van der Waals surface area contributed by atoms with Crippen LogP contribution in [0.1, 0.15) is 30.1 Å². The molecule has 4 unspecified atom stereocenters. The zero-order valence-corrected chi connectivity index (χ0v) is 18.3. The molecule has 174 valence electrons. The second kappa shape index (κ2) is 10.9. The molecule has 0 spiro atoms. The minimum Gasteiger partial charge on any atom is -0.481 e. The third-order valence-electron chi connectivity index (χ3n) is 5.05. The first-order chi connectivity index (χ1) is 15.1. The number of hydrogen-bond acceptors (Lipinski definition) is 7. The molecule has 4 atom stereocenters. The molecule has 0 bridgehead atoms. The van der Waals surface area contributed by atoms with Gasteiger partial charge in [-0.25, -0.2) is 0 Å². The Kier molecular flexibility index (Phi) is 8.56. The van der Waals surface area contributed by atoms with Gasteiger partial charge < -0.3 is 35.9 Å². The Bertz CT molecular complexity index is 910. The first-order valence-corrected chi connectivity index (χ1v) is 10.1. The predicted molar refractivity (Wildman–Crippen MR) is 114 cm³/mol. The van der Waals surface area contributed by atoms with Crippen LogP contribution in [0.2, 0.25) is 5.02 Å². The fourth-order valence-electron chi connectivity index (χ4n) is 3.32. The molecular weight excluding hydrogens is 444 g/mol. The summed E-state index contributed by atoms with van der Waals surface area (Å²) >= 11 is 5.93. The summed E-state index contributed by atoms with van der Waals surface area (Å²) < 4.78 is 5.27. The average Bonchev–Trinajstić information content (AvgIpc) is 3.18. The third kappa shape index (κ3) is 6.17. The first kappa shape index (κ1) is 25.1. The van der Waals surface area contributed by atoms with E-state index in [0.717, 1.165) is 0 Å². The molecule has 0 aromatic heterocycles. The van der Waals surface area contributed by atoms with E-state index < -0.39 is 54.3 Å². The lowest BCUT2D eigenvalue weighted by Gasteiger charge is -2.27. The van der Waals surface area contributed by atoms with Gasteiger partial charge in [-0.05, 0) is 25.1 Å². The van der Waals surface area contributed by atoms with Crippen LogP contribution in [0.25, 0.3) is 0 Å². The van der Waals surface area contributed by atoms with Crippen LogP contribution < -0.4 is 16.4 Å². The maximum atomic E-state index is 13.0. The number of nitrogens with one attached hydrogen (secondary N) is 2. The number of methoxy groups -OCH3 is 1. The second-order valence-corrected chi connectivity index (χ2v) is 7.79. The van der Waals surface area contributed by atoms with Gasteiger partial charge in [0.1, 0.15) is 18.4 Å². The van der Waals surface area contributed by atoms with Crippen molar-refractivity contribution in [1.29, 1.82) is 0 Å². The van der Waals surface area contributed by atoms with E-state index in [1.165, 1.54) is 37.1 Å². The molecule has 1 aliphatic rings. The van der Waals surface area contributed by atoms with Crippen molar-refractivity contribution in [2.45, 2.75) is 44.0 Å². The van der Waals surface area contributed by atoms with Gasteiger partial charge in [-0.15, -0.1) is 0 Å². The highest BCUT2D eigenvalue weighted by molar-refractivity contribution is 6.33. The van der Waals surface area contributed by atoms with Crippen LogP contribution in [-0.4, -0.2) is 77.9 Å². The highest BCUT2D eigenvalue weighted by atomic mass is 35.5. The number of carbonyl (C=O) groups is 5. The number of carboxylic acid groups (broad SMARTS) is 1. The molecule has 1 heterocycles.